The van der Waals surface area contributed by atoms with Crippen molar-refractivity contribution in [2.45, 2.75) is 23.7 Å². The highest BCUT2D eigenvalue weighted by Crippen LogP contribution is 2.41. The zero-order valence-corrected chi connectivity index (χ0v) is 61.5. The Morgan fingerprint density at radius 3 is 0.281 bits per heavy atom. The molecule has 16 aromatic carbocycles. The fourth-order valence-electron chi connectivity index (χ4n) is 14.1. The third-order valence-electron chi connectivity index (χ3n) is 19.8. The number of phenols is 8. The van der Waals surface area contributed by atoms with E-state index in [0.717, 1.165) is 133 Å². The lowest BCUT2D eigenvalue weighted by atomic mass is 9.81. The largest absolute Gasteiger partial charge is 0.508 e. The fourth-order valence-corrected chi connectivity index (χ4v) is 14.1. The summed E-state index contributed by atoms with van der Waals surface area (Å²) in [6.45, 7) is 0. The van der Waals surface area contributed by atoms with Gasteiger partial charge in [0.25, 0.3) is 0 Å². The number of rotatable bonds is 12. The molecule has 19 aromatic rings. The summed E-state index contributed by atoms with van der Waals surface area (Å²) in [5.74, 6) is 1.37. The van der Waals surface area contributed by atoms with E-state index in [2.05, 4.69) is 78.4 Å². The van der Waals surface area contributed by atoms with E-state index < -0.39 is 0 Å². The van der Waals surface area contributed by atoms with E-state index in [-0.39, 0.29) is 69.7 Å². The second kappa shape index (κ2) is 34.5. The lowest BCUT2D eigenvalue weighted by Gasteiger charge is -2.22. The molecule has 8 N–H and O–H groups in total. The minimum Gasteiger partial charge on any atom is -0.508 e. The first kappa shape index (κ1) is 74.2. The van der Waals surface area contributed by atoms with Gasteiger partial charge in [0.2, 0.25) is 0 Å². The molecule has 0 saturated heterocycles. The van der Waals surface area contributed by atoms with Crippen LogP contribution in [0.2, 0.25) is 0 Å². The number of hydrogen-bond acceptors (Lipinski definition) is 14. The highest BCUT2D eigenvalue weighted by molar-refractivity contribution is 5.88. The van der Waals surface area contributed by atoms with Gasteiger partial charge in [-0.1, -0.05) is 218 Å². The van der Waals surface area contributed by atoms with Gasteiger partial charge >= 0.3 is 0 Å². The molecule has 554 valence electrons. The highest BCUT2D eigenvalue weighted by Gasteiger charge is 2.24. The van der Waals surface area contributed by atoms with E-state index in [0.29, 0.717) is 0 Å². The van der Waals surface area contributed by atoms with Crippen molar-refractivity contribution in [1.29, 1.82) is 0 Å². The molecule has 0 aliphatic heterocycles. The highest BCUT2D eigenvalue weighted by atomic mass is 16.3. The van der Waals surface area contributed by atoms with Gasteiger partial charge in [-0.25, -0.2) is 29.9 Å². The molecule has 14 heteroatoms. The minimum absolute atomic E-state index is 0.0824. The Morgan fingerprint density at radius 1 is 0.114 bits per heavy atom. The van der Waals surface area contributed by atoms with Crippen LogP contribution in [0.25, 0.3) is 66.2 Å². The van der Waals surface area contributed by atoms with Crippen LogP contribution >= 0.6 is 0 Å². The van der Waals surface area contributed by atoms with E-state index in [1.54, 1.807) is 97.1 Å². The topological polar surface area (TPSA) is 239 Å². The van der Waals surface area contributed by atoms with Crippen LogP contribution in [0.15, 0.2) is 388 Å². The molecule has 0 fully saturated rings. The Bertz CT molecular complexity index is 5210. The van der Waals surface area contributed by atoms with Crippen LogP contribution in [-0.4, -0.2) is 70.8 Å². The molecule has 19 rings (SSSR count). The van der Waals surface area contributed by atoms with Gasteiger partial charge in [-0.15, -0.1) is 0 Å². The molecule has 0 unspecified atom stereocenters. The summed E-state index contributed by atoms with van der Waals surface area (Å²) in [5.41, 5.74) is 23.9. The Balaban J connectivity index is 0.000000120. The van der Waals surface area contributed by atoms with Crippen molar-refractivity contribution in [2.24, 2.45) is 0 Å². The normalized spacial score (nSPS) is 11.1. The number of hydrogen-bond donors (Lipinski definition) is 8. The van der Waals surface area contributed by atoms with Gasteiger partial charge in [-0.05, 0) is 237 Å². The van der Waals surface area contributed by atoms with E-state index in [1.807, 2.05) is 243 Å². The number of fused-ring (bicyclic) bond motifs is 6. The fraction of sp³-hybridized carbons (Fsp3) is 0.0400. The van der Waals surface area contributed by atoms with Crippen molar-refractivity contribution in [3.05, 3.63) is 455 Å². The number of aromatic hydroxyl groups is 8. The predicted octanol–water partition coefficient (Wildman–Crippen LogP) is 22.1. The zero-order valence-electron chi connectivity index (χ0n) is 61.5. The van der Waals surface area contributed by atoms with E-state index in [9.17, 15) is 40.9 Å². The van der Waals surface area contributed by atoms with Crippen LogP contribution in [0, 0.1) is 0 Å². The summed E-state index contributed by atoms with van der Waals surface area (Å²) in [6.07, 6.45) is 0. The summed E-state index contributed by atoms with van der Waals surface area (Å²) in [5, 5.41) is 78.4. The predicted molar refractivity (Wildman–Crippen MR) is 453 cm³/mol. The first-order chi connectivity index (χ1) is 55.7. The molecule has 0 spiro atoms. The van der Waals surface area contributed by atoms with Crippen LogP contribution in [0.1, 0.15) is 90.4 Å². The molecule has 0 aliphatic carbocycles. The molecule has 114 heavy (non-hydrogen) atoms. The maximum atomic E-state index is 9.80. The van der Waals surface area contributed by atoms with Crippen molar-refractivity contribution in [1.82, 2.24) is 29.9 Å². The summed E-state index contributed by atoms with van der Waals surface area (Å²) in [4.78, 5) is 27.1. The summed E-state index contributed by atoms with van der Waals surface area (Å²) in [7, 11) is 0. The molecule has 3 aromatic heterocycles. The third kappa shape index (κ3) is 17.9. The Morgan fingerprint density at radius 2 is 0.193 bits per heavy atom. The number of nitrogens with zero attached hydrogens (tertiary/aromatic N) is 6. The Labute approximate surface area is 657 Å². The average molecular weight is 1490 g/mol. The van der Waals surface area contributed by atoms with Gasteiger partial charge in [0.1, 0.15) is 46.0 Å². The second-order valence-electron chi connectivity index (χ2n) is 27.4. The molecule has 0 radical (unpaired) electrons. The van der Waals surface area contributed by atoms with Crippen LogP contribution in [0.3, 0.4) is 0 Å². The smallest absolute Gasteiger partial charge is 0.115 e. The van der Waals surface area contributed by atoms with Gasteiger partial charge < -0.3 is 40.9 Å². The number of para-hydroxylation sites is 12. The van der Waals surface area contributed by atoms with E-state index in [1.165, 1.54) is 0 Å². The first-order valence-corrected chi connectivity index (χ1v) is 37.1. The molecule has 0 aliphatic rings. The van der Waals surface area contributed by atoms with Gasteiger partial charge in [-0.2, -0.15) is 0 Å². The second-order valence-corrected chi connectivity index (χ2v) is 27.4. The molecule has 0 atom stereocenters. The molecule has 3 heterocycles. The minimum atomic E-state index is -0.0824. The lowest BCUT2D eigenvalue weighted by molar-refractivity contribution is 0.474. The van der Waals surface area contributed by atoms with Gasteiger partial charge in [0, 0.05) is 23.7 Å². The van der Waals surface area contributed by atoms with Crippen molar-refractivity contribution < 1.29 is 40.9 Å². The number of aromatic nitrogens is 6. The molecule has 0 saturated carbocycles. The maximum Gasteiger partial charge on any atom is 0.115 e. The molecule has 14 nitrogen and oxygen atoms in total. The average Bonchev–Trinajstić information content (AvgIpc) is 0.845. The molecular weight excluding hydrogens is 1410 g/mol. The summed E-state index contributed by atoms with van der Waals surface area (Å²) >= 11 is 0. The van der Waals surface area contributed by atoms with Gasteiger partial charge in [0.05, 0.1) is 66.2 Å². The molecular formula is C100H76N6O8. The number of phenolic OH excluding ortho intramolecular Hbond substituents is 8. The van der Waals surface area contributed by atoms with Crippen molar-refractivity contribution >= 4 is 66.2 Å². The van der Waals surface area contributed by atoms with Crippen LogP contribution in [0.4, 0.5) is 0 Å². The SMILES string of the molecule is Oc1ccc(C(c2ccc(O)cc2)c2ccc(C(c3ccc(O)cc3)c3ccc(O)cc3)cc2)cc1.Oc1ccc(C(c2ccc(O)cc2)c2ccc(C(c3ccc(O)cc3)c3ccc(O)cc3)cc2)cc1.c1ccc2nc3ccccc3nc2c1.c1ccc2nc3ccccc3nc2c1.c1ccc2nc3ccccc3nc2c1. The van der Waals surface area contributed by atoms with E-state index >= 15 is 0 Å². The summed E-state index contributed by atoms with van der Waals surface area (Å²) in [6, 6.07) is 122. The van der Waals surface area contributed by atoms with Crippen LogP contribution in [-0.2, 0) is 0 Å². The number of benzene rings is 16. The van der Waals surface area contributed by atoms with Crippen LogP contribution < -0.4 is 0 Å². The third-order valence-corrected chi connectivity index (χ3v) is 19.8. The standard InChI is InChI=1S/2C32H26O4.3C12H8N2/c2*33-27-13-5-23(6-14-27)31(24-7-15-28(34)16-8-24)21-1-2-22(4-3-21)32(25-9-17-29(35)18-10-25)26-11-19-30(36)20-12-26;3*1-2-6-10-9(5-1)13-11-7-3-4-8-12(11)14-10/h2*1-20,31-36H;3*1-8H. The van der Waals surface area contributed by atoms with Gasteiger partial charge in [-0.3, -0.25) is 0 Å². The van der Waals surface area contributed by atoms with Crippen molar-refractivity contribution in [3.8, 4) is 46.0 Å². The van der Waals surface area contributed by atoms with E-state index in [4.69, 9.17) is 0 Å². The van der Waals surface area contributed by atoms with Crippen molar-refractivity contribution in [2.75, 3.05) is 0 Å². The Hall–Kier alpha value is -15.3. The van der Waals surface area contributed by atoms with Gasteiger partial charge in [0.15, 0.2) is 0 Å². The summed E-state index contributed by atoms with van der Waals surface area (Å²) < 4.78 is 0. The monoisotopic (exact) mass is 1490 g/mol. The van der Waals surface area contributed by atoms with Crippen molar-refractivity contribution in [3.63, 3.8) is 0 Å². The first-order valence-electron chi connectivity index (χ1n) is 37.1. The zero-order chi connectivity index (χ0) is 78.3. The van der Waals surface area contributed by atoms with Crippen LogP contribution in [0.5, 0.6) is 46.0 Å². The maximum absolute atomic E-state index is 9.80. The lowest BCUT2D eigenvalue weighted by Crippen LogP contribution is -2.06. The molecule has 0 amide bonds. The molecule has 0 bridgehead atoms. The Kier molecular flexibility index (Phi) is 22.5. The quantitative estimate of drug-likeness (QED) is 0.0419.